The van der Waals surface area contributed by atoms with Gasteiger partial charge >= 0.3 is 0 Å². The van der Waals surface area contributed by atoms with Crippen LogP contribution in [0.2, 0.25) is 0 Å². The molecule has 11 heavy (non-hydrogen) atoms. The highest BCUT2D eigenvalue weighted by Gasteiger charge is 1.65. The summed E-state index contributed by atoms with van der Waals surface area (Å²) in [5, 5.41) is 15.2. The van der Waals surface area contributed by atoms with Crippen molar-refractivity contribution in [2.24, 2.45) is 0 Å². The van der Waals surface area contributed by atoms with Gasteiger partial charge in [-0.2, -0.15) is 0 Å². The summed E-state index contributed by atoms with van der Waals surface area (Å²) < 4.78 is 0. The highest BCUT2D eigenvalue weighted by atomic mass is 35.5. The summed E-state index contributed by atoms with van der Waals surface area (Å²) in [4.78, 5) is 9.00. The van der Waals surface area contributed by atoms with Crippen molar-refractivity contribution < 1.29 is 15.1 Å². The van der Waals surface area contributed by atoms with Crippen LogP contribution in [-0.2, 0) is 4.79 Å². The average Bonchev–Trinajstić information content (AvgIpc) is 1.88. The van der Waals surface area contributed by atoms with Crippen molar-refractivity contribution in [2.75, 3.05) is 11.9 Å². The van der Waals surface area contributed by atoms with Gasteiger partial charge in [-0.1, -0.05) is 6.92 Å². The Bertz CT molecular complexity index is 66.7. The molecule has 0 aliphatic rings. The van der Waals surface area contributed by atoms with Crippen LogP contribution in [0, 0.1) is 0 Å². The van der Waals surface area contributed by atoms with Gasteiger partial charge in [0.1, 0.15) is 0 Å². The van der Waals surface area contributed by atoms with Crippen LogP contribution in [0.5, 0.6) is 0 Å². The van der Waals surface area contributed by atoms with E-state index in [0.29, 0.717) is 6.54 Å². The molecule has 0 aromatic carbocycles. The van der Waals surface area contributed by atoms with Crippen LogP contribution < -0.4 is 5.48 Å². The summed E-state index contributed by atoms with van der Waals surface area (Å²) in [5.41, 5.74) is 1.93. The Morgan fingerprint density at radius 2 is 1.64 bits per heavy atom. The van der Waals surface area contributed by atoms with Gasteiger partial charge in [0, 0.05) is 13.5 Å². The Labute approximate surface area is 76.1 Å². The maximum absolute atomic E-state index is 9.00. The number of carbonyl (C=O) groups is 1. The predicted molar refractivity (Wildman–Crippen MR) is 45.3 cm³/mol. The minimum Gasteiger partial charge on any atom is -0.481 e. The lowest BCUT2D eigenvalue weighted by molar-refractivity contribution is -0.134. The molecule has 0 aromatic heterocycles. The lowest BCUT2D eigenvalue weighted by Gasteiger charge is -1.75. The van der Waals surface area contributed by atoms with Gasteiger partial charge in [-0.3, -0.25) is 4.79 Å². The molecule has 6 heteroatoms. The number of hydrogen-bond donors (Lipinski definition) is 3. The van der Waals surface area contributed by atoms with Crippen LogP contribution >= 0.6 is 23.2 Å². The van der Waals surface area contributed by atoms with Crippen molar-refractivity contribution in [3.8, 4) is 0 Å². The monoisotopic (exact) mass is 205 g/mol. The number of alkyl halides is 2. The van der Waals surface area contributed by atoms with Crippen LogP contribution in [0.25, 0.3) is 0 Å². The molecule has 0 atom stereocenters. The Morgan fingerprint density at radius 1 is 1.55 bits per heavy atom. The smallest absolute Gasteiger partial charge is 0.300 e. The number of hydroxylamine groups is 1. The first-order valence-corrected chi connectivity index (χ1v) is 3.82. The summed E-state index contributed by atoms with van der Waals surface area (Å²) in [6, 6.07) is 0. The molecule has 0 rings (SSSR count). The molecule has 0 saturated carbocycles. The number of rotatable bonds is 1. The first-order chi connectivity index (χ1) is 5.06. The quantitative estimate of drug-likeness (QED) is 0.449. The molecule has 0 amide bonds. The maximum Gasteiger partial charge on any atom is 0.300 e. The van der Waals surface area contributed by atoms with Gasteiger partial charge in [-0.25, -0.2) is 5.48 Å². The summed E-state index contributed by atoms with van der Waals surface area (Å²) in [7, 11) is 0. The third kappa shape index (κ3) is 673. The molecular formula is C5H13Cl2NO3. The van der Waals surface area contributed by atoms with Crippen LogP contribution in [0.3, 0.4) is 0 Å². The van der Waals surface area contributed by atoms with Gasteiger partial charge in [-0.15, -0.1) is 23.2 Å². The zero-order valence-electron chi connectivity index (χ0n) is 6.47. The van der Waals surface area contributed by atoms with Gasteiger partial charge in [0.25, 0.3) is 5.97 Å². The molecule has 0 aliphatic carbocycles. The van der Waals surface area contributed by atoms with Crippen molar-refractivity contribution >= 4 is 29.2 Å². The maximum atomic E-state index is 9.00. The third-order valence-corrected chi connectivity index (χ3v) is 0.158. The van der Waals surface area contributed by atoms with E-state index in [-0.39, 0.29) is 5.34 Å². The molecule has 0 bridgehead atoms. The van der Waals surface area contributed by atoms with Crippen molar-refractivity contribution in [1.29, 1.82) is 0 Å². The van der Waals surface area contributed by atoms with E-state index < -0.39 is 5.97 Å². The molecular weight excluding hydrogens is 193 g/mol. The second-order valence-electron chi connectivity index (χ2n) is 1.13. The van der Waals surface area contributed by atoms with E-state index in [4.69, 9.17) is 38.3 Å². The van der Waals surface area contributed by atoms with E-state index in [9.17, 15) is 0 Å². The lowest BCUT2D eigenvalue weighted by Crippen LogP contribution is -2.02. The third-order valence-electron chi connectivity index (χ3n) is 0.158. The van der Waals surface area contributed by atoms with E-state index in [0.717, 1.165) is 6.92 Å². The number of nitrogens with one attached hydrogen (secondary N) is 1. The Balaban J connectivity index is -0.0000000886. The van der Waals surface area contributed by atoms with E-state index >= 15 is 0 Å². The summed E-state index contributed by atoms with van der Waals surface area (Å²) >= 11 is 9.53. The fourth-order valence-electron chi connectivity index (χ4n) is 0. The molecule has 0 spiro atoms. The van der Waals surface area contributed by atoms with Gasteiger partial charge in [0.15, 0.2) is 0 Å². The lowest BCUT2D eigenvalue weighted by atomic mass is 10.8. The molecule has 0 fully saturated rings. The summed E-state index contributed by atoms with van der Waals surface area (Å²) in [6.07, 6.45) is 0. The molecule has 0 aliphatic heterocycles. The molecule has 3 N–H and O–H groups in total. The average molecular weight is 206 g/mol. The Morgan fingerprint density at radius 3 is 1.64 bits per heavy atom. The van der Waals surface area contributed by atoms with E-state index in [1.54, 1.807) is 0 Å². The van der Waals surface area contributed by atoms with E-state index in [2.05, 4.69) is 0 Å². The zero-order valence-corrected chi connectivity index (χ0v) is 7.98. The predicted octanol–water partition coefficient (Wildman–Crippen LogP) is 1.50. The molecule has 0 heterocycles. The molecule has 0 aromatic rings. The van der Waals surface area contributed by atoms with Crippen LogP contribution in [0.15, 0.2) is 0 Å². The highest BCUT2D eigenvalue weighted by molar-refractivity contribution is 6.40. The highest BCUT2D eigenvalue weighted by Crippen LogP contribution is 1.73. The molecule has 70 valence electrons. The summed E-state index contributed by atoms with van der Waals surface area (Å²) in [5.74, 6) is -0.833. The largest absolute Gasteiger partial charge is 0.481 e. The fourth-order valence-corrected chi connectivity index (χ4v) is 0. The molecule has 0 unspecified atom stereocenters. The van der Waals surface area contributed by atoms with Crippen LogP contribution in [-0.4, -0.2) is 28.2 Å². The standard InChI is InChI=1S/C2H7NO.C2H4O2.CH2Cl2/c1-2-3-4;1-2(3)4;2-1-3/h3-4H,2H2,1H3;1H3,(H,3,4);1H2. The first-order valence-electron chi connectivity index (χ1n) is 2.75. The van der Waals surface area contributed by atoms with Crippen LogP contribution in [0.1, 0.15) is 13.8 Å². The second kappa shape index (κ2) is 22.5. The van der Waals surface area contributed by atoms with Crippen molar-refractivity contribution in [3.05, 3.63) is 0 Å². The van der Waals surface area contributed by atoms with E-state index in [1.165, 1.54) is 0 Å². The van der Waals surface area contributed by atoms with Gasteiger partial charge in [-0.05, 0) is 0 Å². The Hall–Kier alpha value is -0.0300. The number of carboxylic acid groups (broad SMARTS) is 1. The minimum absolute atomic E-state index is 0.194. The summed E-state index contributed by atoms with van der Waals surface area (Å²) in [6.45, 7) is 3.53. The van der Waals surface area contributed by atoms with Crippen molar-refractivity contribution in [1.82, 2.24) is 5.48 Å². The SMILES string of the molecule is CC(=O)O.CCNO.ClCCl. The number of carboxylic acids is 1. The van der Waals surface area contributed by atoms with Crippen molar-refractivity contribution in [2.45, 2.75) is 13.8 Å². The molecule has 0 saturated heterocycles. The number of aliphatic carboxylic acids is 1. The van der Waals surface area contributed by atoms with Gasteiger partial charge in [0.05, 0.1) is 5.34 Å². The van der Waals surface area contributed by atoms with Crippen molar-refractivity contribution in [3.63, 3.8) is 0 Å². The number of halogens is 2. The van der Waals surface area contributed by atoms with Crippen LogP contribution in [0.4, 0.5) is 0 Å². The fraction of sp³-hybridized carbons (Fsp3) is 0.800. The topological polar surface area (TPSA) is 69.6 Å². The first kappa shape index (κ1) is 17.2. The molecule has 0 radical (unpaired) electrons. The number of hydrogen-bond acceptors (Lipinski definition) is 3. The molecule has 4 nitrogen and oxygen atoms in total. The van der Waals surface area contributed by atoms with Gasteiger partial charge < -0.3 is 10.3 Å². The normalized spacial score (nSPS) is 6.64. The Kier molecular flexibility index (Phi) is 35.1. The second-order valence-corrected chi connectivity index (χ2v) is 1.94. The van der Waals surface area contributed by atoms with E-state index in [1.807, 2.05) is 12.4 Å². The minimum atomic E-state index is -0.833. The zero-order chi connectivity index (χ0) is 9.70. The van der Waals surface area contributed by atoms with Gasteiger partial charge in [0.2, 0.25) is 0 Å².